The highest BCUT2D eigenvalue weighted by molar-refractivity contribution is 5.48. The van der Waals surface area contributed by atoms with E-state index in [1.807, 2.05) is 18.2 Å². The molecule has 0 amide bonds. The van der Waals surface area contributed by atoms with E-state index in [2.05, 4.69) is 29.2 Å². The Morgan fingerprint density at radius 3 is 2.88 bits per heavy atom. The molecule has 1 heterocycles. The summed E-state index contributed by atoms with van der Waals surface area (Å²) in [6, 6.07) is 10.7. The third-order valence-electron chi connectivity index (χ3n) is 3.16. The molecule has 1 aliphatic heterocycles. The molecule has 86 valence electrons. The van der Waals surface area contributed by atoms with E-state index in [9.17, 15) is 5.11 Å². The van der Waals surface area contributed by atoms with Crippen molar-refractivity contribution in [3.8, 4) is 0 Å². The molecule has 1 saturated heterocycles. The fraction of sp³-hybridized carbons (Fsp3) is 0.429. The summed E-state index contributed by atoms with van der Waals surface area (Å²) >= 11 is 0. The second kappa shape index (κ2) is 5.83. The fourth-order valence-corrected chi connectivity index (χ4v) is 2.23. The summed E-state index contributed by atoms with van der Waals surface area (Å²) in [6.07, 6.45) is 6.68. The Labute approximate surface area is 97.2 Å². The van der Waals surface area contributed by atoms with E-state index in [1.165, 1.54) is 12.0 Å². The standard InChI is InChI=1S/C14H19NO/c16-12-14-9-5-11-15(14)10-4-8-13-6-2-1-3-7-13/h1-4,6-8,14,16H,5,9-12H2/t14-/m1/s1. The van der Waals surface area contributed by atoms with E-state index in [-0.39, 0.29) is 0 Å². The molecule has 2 heteroatoms. The van der Waals surface area contributed by atoms with Crippen molar-refractivity contribution in [2.24, 2.45) is 0 Å². The third kappa shape index (κ3) is 2.94. The molecule has 1 atom stereocenters. The zero-order valence-electron chi connectivity index (χ0n) is 9.55. The average Bonchev–Trinajstić information content (AvgIpc) is 2.78. The van der Waals surface area contributed by atoms with Gasteiger partial charge in [-0.25, -0.2) is 0 Å². The van der Waals surface area contributed by atoms with E-state index in [1.54, 1.807) is 0 Å². The average molecular weight is 217 g/mol. The zero-order chi connectivity index (χ0) is 11.2. The van der Waals surface area contributed by atoms with Gasteiger partial charge in [-0.15, -0.1) is 0 Å². The Morgan fingerprint density at radius 1 is 1.31 bits per heavy atom. The smallest absolute Gasteiger partial charge is 0.0587 e. The van der Waals surface area contributed by atoms with Gasteiger partial charge in [-0.1, -0.05) is 42.5 Å². The Morgan fingerprint density at radius 2 is 2.12 bits per heavy atom. The Hall–Kier alpha value is -1.12. The topological polar surface area (TPSA) is 23.5 Å². The lowest BCUT2D eigenvalue weighted by Crippen LogP contribution is -2.32. The Bertz CT molecular complexity index is 334. The summed E-state index contributed by atoms with van der Waals surface area (Å²) in [7, 11) is 0. The van der Waals surface area contributed by atoms with Crippen molar-refractivity contribution < 1.29 is 5.11 Å². The van der Waals surface area contributed by atoms with E-state index in [4.69, 9.17) is 0 Å². The molecule has 2 nitrogen and oxygen atoms in total. The van der Waals surface area contributed by atoms with Gasteiger partial charge in [0.2, 0.25) is 0 Å². The highest BCUT2D eigenvalue weighted by Crippen LogP contribution is 2.16. The van der Waals surface area contributed by atoms with Crippen LogP contribution in [0.2, 0.25) is 0 Å². The van der Waals surface area contributed by atoms with Crippen molar-refractivity contribution in [1.29, 1.82) is 0 Å². The first-order valence-electron chi connectivity index (χ1n) is 5.96. The summed E-state index contributed by atoms with van der Waals surface area (Å²) in [4.78, 5) is 2.35. The quantitative estimate of drug-likeness (QED) is 0.835. The van der Waals surface area contributed by atoms with E-state index < -0.39 is 0 Å². The molecule has 0 saturated carbocycles. The number of rotatable bonds is 4. The van der Waals surface area contributed by atoms with Gasteiger partial charge in [-0.2, -0.15) is 0 Å². The maximum atomic E-state index is 9.19. The molecule has 0 aliphatic carbocycles. The number of aliphatic hydroxyl groups is 1. The molecule has 0 aromatic heterocycles. The predicted octanol–water partition coefficient (Wildman–Crippen LogP) is 2.16. The third-order valence-corrected chi connectivity index (χ3v) is 3.16. The molecular weight excluding hydrogens is 198 g/mol. The lowest BCUT2D eigenvalue weighted by atomic mass is 10.2. The summed E-state index contributed by atoms with van der Waals surface area (Å²) < 4.78 is 0. The minimum atomic E-state index is 0.291. The Kier molecular flexibility index (Phi) is 4.14. The largest absolute Gasteiger partial charge is 0.395 e. The summed E-state index contributed by atoms with van der Waals surface area (Å²) in [5, 5.41) is 9.19. The molecule has 1 N–H and O–H groups in total. The van der Waals surface area contributed by atoms with Crippen LogP contribution in [-0.2, 0) is 0 Å². The molecule has 0 bridgehead atoms. The van der Waals surface area contributed by atoms with E-state index in [0.29, 0.717) is 12.6 Å². The van der Waals surface area contributed by atoms with Crippen LogP contribution in [0.3, 0.4) is 0 Å². The van der Waals surface area contributed by atoms with Gasteiger partial charge in [-0.05, 0) is 24.9 Å². The van der Waals surface area contributed by atoms with Gasteiger partial charge in [-0.3, -0.25) is 4.90 Å². The van der Waals surface area contributed by atoms with E-state index in [0.717, 1.165) is 19.5 Å². The van der Waals surface area contributed by atoms with Crippen molar-refractivity contribution in [3.05, 3.63) is 42.0 Å². The minimum Gasteiger partial charge on any atom is -0.395 e. The first-order chi connectivity index (χ1) is 7.90. The van der Waals surface area contributed by atoms with Gasteiger partial charge in [0, 0.05) is 12.6 Å². The molecule has 0 radical (unpaired) electrons. The molecule has 1 fully saturated rings. The minimum absolute atomic E-state index is 0.291. The molecule has 1 aliphatic rings. The summed E-state index contributed by atoms with van der Waals surface area (Å²) in [5.74, 6) is 0. The number of hydrogen-bond donors (Lipinski definition) is 1. The van der Waals surface area contributed by atoms with Crippen molar-refractivity contribution in [3.63, 3.8) is 0 Å². The zero-order valence-corrected chi connectivity index (χ0v) is 9.55. The number of benzene rings is 1. The van der Waals surface area contributed by atoms with Crippen molar-refractivity contribution >= 4 is 6.08 Å². The summed E-state index contributed by atoms with van der Waals surface area (Å²) in [6.45, 7) is 2.35. The first kappa shape index (κ1) is 11.4. The molecule has 0 unspecified atom stereocenters. The normalized spacial score (nSPS) is 21.9. The van der Waals surface area contributed by atoms with Crippen molar-refractivity contribution in [1.82, 2.24) is 4.90 Å². The van der Waals surface area contributed by atoms with E-state index >= 15 is 0 Å². The van der Waals surface area contributed by atoms with Crippen LogP contribution in [0.5, 0.6) is 0 Å². The number of aliphatic hydroxyl groups excluding tert-OH is 1. The van der Waals surface area contributed by atoms with Gasteiger partial charge in [0.05, 0.1) is 6.61 Å². The van der Waals surface area contributed by atoms with Gasteiger partial charge in [0.15, 0.2) is 0 Å². The van der Waals surface area contributed by atoms with Crippen molar-refractivity contribution in [2.45, 2.75) is 18.9 Å². The number of nitrogens with zero attached hydrogens (tertiary/aromatic N) is 1. The van der Waals surface area contributed by atoms with Crippen LogP contribution in [0.4, 0.5) is 0 Å². The monoisotopic (exact) mass is 217 g/mol. The Balaban J connectivity index is 1.85. The maximum Gasteiger partial charge on any atom is 0.0587 e. The number of hydrogen-bond acceptors (Lipinski definition) is 2. The lowest BCUT2D eigenvalue weighted by Gasteiger charge is -2.20. The van der Waals surface area contributed by atoms with Gasteiger partial charge in [0.1, 0.15) is 0 Å². The van der Waals surface area contributed by atoms with Crippen LogP contribution >= 0.6 is 0 Å². The van der Waals surface area contributed by atoms with Crippen LogP contribution in [0.15, 0.2) is 36.4 Å². The first-order valence-corrected chi connectivity index (χ1v) is 5.96. The molecule has 1 aromatic carbocycles. The fourth-order valence-electron chi connectivity index (χ4n) is 2.23. The van der Waals surface area contributed by atoms with Gasteiger partial charge >= 0.3 is 0 Å². The van der Waals surface area contributed by atoms with Crippen LogP contribution in [0, 0.1) is 0 Å². The second-order valence-electron chi connectivity index (χ2n) is 4.29. The molecule has 1 aromatic rings. The highest BCUT2D eigenvalue weighted by atomic mass is 16.3. The lowest BCUT2D eigenvalue weighted by molar-refractivity contribution is 0.170. The maximum absolute atomic E-state index is 9.19. The van der Waals surface area contributed by atoms with Crippen LogP contribution in [0.25, 0.3) is 6.08 Å². The van der Waals surface area contributed by atoms with Gasteiger partial charge < -0.3 is 5.11 Å². The van der Waals surface area contributed by atoms with Gasteiger partial charge in [0.25, 0.3) is 0 Å². The summed E-state index contributed by atoms with van der Waals surface area (Å²) in [5.41, 5.74) is 1.24. The van der Waals surface area contributed by atoms with Crippen LogP contribution < -0.4 is 0 Å². The molecule has 16 heavy (non-hydrogen) atoms. The van der Waals surface area contributed by atoms with Crippen molar-refractivity contribution in [2.75, 3.05) is 19.7 Å². The second-order valence-corrected chi connectivity index (χ2v) is 4.29. The molecular formula is C14H19NO. The van der Waals surface area contributed by atoms with Crippen LogP contribution in [-0.4, -0.2) is 35.7 Å². The molecule has 0 spiro atoms. The SMILES string of the molecule is OC[C@H]1CCCN1CC=Cc1ccccc1. The predicted molar refractivity (Wildman–Crippen MR) is 67.2 cm³/mol. The highest BCUT2D eigenvalue weighted by Gasteiger charge is 2.21. The molecule has 2 rings (SSSR count). The number of likely N-dealkylation sites (tertiary alicyclic amines) is 1. The van der Waals surface area contributed by atoms with Crippen LogP contribution in [0.1, 0.15) is 18.4 Å².